The zero-order valence-electron chi connectivity index (χ0n) is 51.9. The van der Waals surface area contributed by atoms with Crippen molar-refractivity contribution in [3.05, 3.63) is 0 Å². The first-order chi connectivity index (χ1) is 40.4. The highest BCUT2D eigenvalue weighted by Crippen LogP contribution is 2.31. The minimum Gasteiger partial charge on any atom is -0.480 e. The molecule has 0 bridgehead atoms. The van der Waals surface area contributed by atoms with E-state index < -0.39 is 154 Å². The number of rotatable bonds is 53. The SMILES string of the molecule is CCCCCCCCCCCCCCCC(=O)[C@@](O[C@@](C)(N)C(=O)N[C@H](CCC(=O)N(CC(C)O[C@H]1[C@H](O)[C@@H](CO)O[C@H](O)[C@@H]1NC(C)=O)[C@@H](C)C(=O)O)C(N)=O)(C(=O)C(CCCCCCCCCCCCCC)NCCO[PH](=O)O)[C@@H](O)CO. The van der Waals surface area contributed by atoms with Crippen LogP contribution in [0.15, 0.2) is 0 Å². The van der Waals surface area contributed by atoms with Crippen LogP contribution in [0.5, 0.6) is 0 Å². The van der Waals surface area contributed by atoms with Gasteiger partial charge in [-0.05, 0) is 40.0 Å². The molecule has 0 aliphatic carbocycles. The van der Waals surface area contributed by atoms with E-state index in [2.05, 4.69) is 29.8 Å². The molecule has 1 saturated heterocycles. The summed E-state index contributed by atoms with van der Waals surface area (Å²) in [5.74, 6) is -7.60. The number of amides is 4. The molecule has 0 aromatic heterocycles. The molecule has 85 heavy (non-hydrogen) atoms. The van der Waals surface area contributed by atoms with Crippen LogP contribution in [0.3, 0.4) is 0 Å². The van der Waals surface area contributed by atoms with Crippen molar-refractivity contribution in [1.29, 1.82) is 0 Å². The summed E-state index contributed by atoms with van der Waals surface area (Å²) in [5.41, 5.74) is 6.52. The second-order valence-electron chi connectivity index (χ2n) is 23.1. The number of unbranched alkanes of at least 4 members (excludes halogenated alkanes) is 23. The Morgan fingerprint density at radius 1 is 0.741 bits per heavy atom. The van der Waals surface area contributed by atoms with E-state index in [0.29, 0.717) is 19.3 Å². The topological polar surface area (TPSA) is 406 Å². The number of hydrogen-bond donors (Lipinski definition) is 12. The predicted octanol–water partition coefficient (Wildman–Crippen LogP) is 4.24. The van der Waals surface area contributed by atoms with Gasteiger partial charge in [0.15, 0.2) is 23.6 Å². The van der Waals surface area contributed by atoms with Crippen LogP contribution < -0.4 is 27.4 Å². The maximum absolute atomic E-state index is 15.2. The number of aliphatic carboxylic acids is 1. The maximum atomic E-state index is 15.2. The van der Waals surface area contributed by atoms with Crippen molar-refractivity contribution in [2.45, 2.75) is 300 Å². The third kappa shape index (κ3) is 30.5. The fraction of sp³-hybridized carbons (Fsp3) is 0.881. The van der Waals surface area contributed by atoms with E-state index in [4.69, 9.17) is 30.2 Å². The second-order valence-corrected chi connectivity index (χ2v) is 23.9. The van der Waals surface area contributed by atoms with Gasteiger partial charge in [0.2, 0.25) is 23.3 Å². The first-order valence-corrected chi connectivity index (χ1v) is 32.7. The van der Waals surface area contributed by atoms with Crippen LogP contribution in [0.25, 0.3) is 0 Å². The number of Topliss-reactive ketones (excluding diaryl/α,β-unsaturated/α-hetero) is 2. The number of nitrogens with two attached hydrogens (primary N) is 2. The van der Waals surface area contributed by atoms with E-state index in [9.17, 15) is 68.9 Å². The number of nitrogens with one attached hydrogen (secondary N) is 3. The molecule has 26 heteroatoms. The highest BCUT2D eigenvalue weighted by molar-refractivity contribution is 7.32. The highest BCUT2D eigenvalue weighted by Gasteiger charge is 2.58. The second kappa shape index (κ2) is 44.8. The number of carboxylic acid groups (broad SMARTS) is 1. The number of hydrogen-bond acceptors (Lipinski definition) is 19. The number of aliphatic hydroxyl groups excluding tert-OH is 5. The maximum Gasteiger partial charge on any atom is 0.326 e. The Morgan fingerprint density at radius 3 is 1.68 bits per heavy atom. The van der Waals surface area contributed by atoms with Gasteiger partial charge >= 0.3 is 14.2 Å². The minimum atomic E-state index is -3.37. The lowest BCUT2D eigenvalue weighted by atomic mass is 9.79. The van der Waals surface area contributed by atoms with Crippen LogP contribution >= 0.6 is 8.25 Å². The average molecular weight is 1240 g/mol. The summed E-state index contributed by atoms with van der Waals surface area (Å²) < 4.78 is 33.7. The molecule has 1 aliphatic rings. The molecule has 1 rings (SSSR count). The Kier molecular flexibility index (Phi) is 41.9. The summed E-state index contributed by atoms with van der Waals surface area (Å²) >= 11 is 0. The van der Waals surface area contributed by atoms with Crippen LogP contribution in [0.2, 0.25) is 0 Å². The van der Waals surface area contributed by atoms with Gasteiger partial charge in [-0.1, -0.05) is 168 Å². The molecule has 0 spiro atoms. The van der Waals surface area contributed by atoms with E-state index in [1.807, 2.05) is 0 Å². The van der Waals surface area contributed by atoms with Crippen LogP contribution in [-0.4, -0.2) is 187 Å². The van der Waals surface area contributed by atoms with Crippen molar-refractivity contribution >= 4 is 49.4 Å². The largest absolute Gasteiger partial charge is 0.480 e. The van der Waals surface area contributed by atoms with Crippen molar-refractivity contribution in [3.8, 4) is 0 Å². The van der Waals surface area contributed by atoms with Crippen LogP contribution in [-0.2, 0) is 56.9 Å². The molecule has 13 atom stereocenters. The molecule has 3 unspecified atom stereocenters. The third-order valence-corrected chi connectivity index (χ3v) is 16.1. The number of aliphatic hydroxyl groups is 5. The van der Waals surface area contributed by atoms with Crippen molar-refractivity contribution in [2.24, 2.45) is 11.5 Å². The molecule has 0 radical (unpaired) electrons. The van der Waals surface area contributed by atoms with Crippen molar-refractivity contribution in [3.63, 3.8) is 0 Å². The lowest BCUT2D eigenvalue weighted by Gasteiger charge is -2.43. The van der Waals surface area contributed by atoms with Gasteiger partial charge in [0.05, 0.1) is 32.0 Å². The molecule has 1 fully saturated rings. The molecular formula is C59H111N6O19P. The summed E-state index contributed by atoms with van der Waals surface area (Å²) in [6.07, 6.45) is 14.1. The summed E-state index contributed by atoms with van der Waals surface area (Å²) in [6.45, 7) is 6.11. The number of carbonyl (C=O) groups excluding carboxylic acids is 6. The first-order valence-electron chi connectivity index (χ1n) is 31.5. The number of ether oxygens (including phenoxy) is 3. The van der Waals surface area contributed by atoms with Crippen molar-refractivity contribution in [1.82, 2.24) is 20.9 Å². The Labute approximate surface area is 505 Å². The van der Waals surface area contributed by atoms with Gasteiger partial charge in [0.1, 0.15) is 42.5 Å². The molecular weight excluding hydrogens is 1130 g/mol. The van der Waals surface area contributed by atoms with Gasteiger partial charge in [-0.3, -0.25) is 39.1 Å². The van der Waals surface area contributed by atoms with Crippen LogP contribution in [0, 0.1) is 0 Å². The molecule has 496 valence electrons. The van der Waals surface area contributed by atoms with Crippen LogP contribution in [0.4, 0.5) is 0 Å². The molecule has 0 aromatic rings. The Hall–Kier alpha value is -3.56. The first kappa shape index (κ1) is 79.5. The molecule has 0 aromatic carbocycles. The normalized spacial score (nSPS) is 20.6. The lowest BCUT2D eigenvalue weighted by Crippen LogP contribution is -2.70. The van der Waals surface area contributed by atoms with Crippen molar-refractivity contribution < 1.29 is 92.4 Å². The molecule has 25 nitrogen and oxygen atoms in total. The van der Waals surface area contributed by atoms with Gasteiger partial charge in [0, 0.05) is 32.9 Å². The van der Waals surface area contributed by atoms with E-state index in [-0.39, 0.29) is 32.4 Å². The van der Waals surface area contributed by atoms with Gasteiger partial charge < -0.3 is 80.9 Å². The number of nitrogens with zero attached hydrogens (tertiary/aromatic N) is 1. The zero-order valence-corrected chi connectivity index (χ0v) is 52.9. The van der Waals surface area contributed by atoms with Crippen LogP contribution in [0.1, 0.15) is 228 Å². The lowest BCUT2D eigenvalue weighted by molar-refractivity contribution is -0.268. The summed E-state index contributed by atoms with van der Waals surface area (Å²) in [5, 5.41) is 71.4. The Bertz CT molecular complexity index is 1960. The summed E-state index contributed by atoms with van der Waals surface area (Å²) in [4.78, 5) is 106. The average Bonchev–Trinajstić information content (AvgIpc) is 3.51. The van der Waals surface area contributed by atoms with Gasteiger partial charge in [-0.2, -0.15) is 0 Å². The standard InChI is InChI=1S/C59H111N6O19P/c1-7-9-11-13-15-17-19-21-23-25-27-29-31-33-47(69)59(48(70)40-67,53(73)44(62-36-37-81-85(79)80)32-30-28-26-24-22-20-18-16-14-12-10-8-2)84-58(6,61)57(78)64-45(54(60)74)34-35-49(71)65(42(4)55(75)76)38-41(3)82-52-50(63-43(5)68)56(77)83-46(39-66)51(52)72/h41-42,44-46,48,50-52,56,62,66-67,70,72,77,85H,7-40,61H2,1-6H3,(H2,60,74)(H,63,68)(H,64,78)(H,75,76)(H,79,80)/t41?,42-,44?,45+,46+,48-,50+,51+,52+,56-,58+,59-/m0/s1. The number of primary amides is 1. The number of ketones is 2. The third-order valence-electron chi connectivity index (χ3n) is 15.7. The van der Waals surface area contributed by atoms with E-state index in [1.165, 1.54) is 84.5 Å². The monoisotopic (exact) mass is 1240 g/mol. The van der Waals surface area contributed by atoms with Gasteiger partial charge in [-0.15, -0.1) is 0 Å². The van der Waals surface area contributed by atoms with E-state index in [1.54, 1.807) is 0 Å². The highest BCUT2D eigenvalue weighted by atomic mass is 31.1. The minimum absolute atomic E-state index is 0.0654. The van der Waals surface area contributed by atoms with E-state index >= 15 is 4.79 Å². The fourth-order valence-corrected chi connectivity index (χ4v) is 10.9. The Morgan fingerprint density at radius 2 is 1.24 bits per heavy atom. The fourth-order valence-electron chi connectivity index (χ4n) is 10.6. The van der Waals surface area contributed by atoms with Gasteiger partial charge in [0.25, 0.3) is 5.91 Å². The molecule has 1 aliphatic heterocycles. The van der Waals surface area contributed by atoms with Gasteiger partial charge in [-0.25, -0.2) is 4.79 Å². The van der Waals surface area contributed by atoms with E-state index in [0.717, 1.165) is 83.0 Å². The zero-order chi connectivity index (χ0) is 64.0. The molecule has 4 amide bonds. The quantitative estimate of drug-likeness (QED) is 0.0175. The smallest absolute Gasteiger partial charge is 0.326 e. The predicted molar refractivity (Wildman–Crippen MR) is 320 cm³/mol. The van der Waals surface area contributed by atoms with Crippen molar-refractivity contribution in [2.75, 3.05) is 32.9 Å². The molecule has 14 N–H and O–H groups in total. The number of carbonyl (C=O) groups is 7. The number of carboxylic acids is 1. The Balaban J connectivity index is 3.52. The summed E-state index contributed by atoms with van der Waals surface area (Å²) in [6, 6.07) is -5.95. The molecule has 1 heterocycles. The molecule has 0 saturated carbocycles. The summed E-state index contributed by atoms with van der Waals surface area (Å²) in [7, 11) is -3.37.